The van der Waals surface area contributed by atoms with Gasteiger partial charge in [-0.1, -0.05) is 0 Å². The van der Waals surface area contributed by atoms with Crippen LogP contribution in [-0.4, -0.2) is 55.3 Å². The maximum absolute atomic E-state index is 12.9. The highest BCUT2D eigenvalue weighted by Crippen LogP contribution is 2.30. The molecule has 0 spiro atoms. The SMILES string of the molecule is CN(C)/C=C1/CCCc2cc(N3C[C@H](COc4ccon4)OC3=O)ccc2C1=O. The first-order chi connectivity index (χ1) is 14.0. The second kappa shape index (κ2) is 7.98. The minimum atomic E-state index is -0.424. The number of allylic oxidation sites excluding steroid dienone is 1. The Labute approximate surface area is 168 Å². The second-order valence-corrected chi connectivity index (χ2v) is 7.41. The van der Waals surface area contributed by atoms with E-state index in [1.165, 1.54) is 6.26 Å². The van der Waals surface area contributed by atoms with Crippen LogP contribution in [0.4, 0.5) is 10.5 Å². The van der Waals surface area contributed by atoms with E-state index >= 15 is 0 Å². The van der Waals surface area contributed by atoms with Crippen LogP contribution in [0.1, 0.15) is 28.8 Å². The van der Waals surface area contributed by atoms with Gasteiger partial charge in [0.1, 0.15) is 12.9 Å². The molecular formula is C21H23N3O5. The molecule has 0 saturated carbocycles. The van der Waals surface area contributed by atoms with Gasteiger partial charge in [0, 0.05) is 43.2 Å². The summed E-state index contributed by atoms with van der Waals surface area (Å²) in [7, 11) is 3.83. The molecule has 8 heteroatoms. The molecule has 4 rings (SSSR count). The van der Waals surface area contributed by atoms with Crippen molar-refractivity contribution in [3.05, 3.63) is 53.4 Å². The smallest absolute Gasteiger partial charge is 0.414 e. The minimum Gasteiger partial charge on any atom is -0.471 e. The molecule has 1 aromatic carbocycles. The summed E-state index contributed by atoms with van der Waals surface area (Å²) in [5.41, 5.74) is 3.21. The standard InChI is InChI=1S/C21H23N3O5/c1-23(2)11-15-5-3-4-14-10-16(6-7-18(14)20(15)25)24-12-17(29-21(24)26)13-27-19-8-9-28-22-19/h6-11,17H,3-5,12-13H2,1-2H3/b15-11-/t17-/m1/s1. The molecule has 0 bridgehead atoms. The molecule has 8 nitrogen and oxygen atoms in total. The summed E-state index contributed by atoms with van der Waals surface area (Å²) in [6.45, 7) is 0.562. The van der Waals surface area contributed by atoms with Crippen LogP contribution >= 0.6 is 0 Å². The monoisotopic (exact) mass is 397 g/mol. The quantitative estimate of drug-likeness (QED) is 0.566. The fraction of sp³-hybridized carbons (Fsp3) is 0.381. The van der Waals surface area contributed by atoms with Gasteiger partial charge in [-0.15, -0.1) is 0 Å². The molecule has 1 fully saturated rings. The lowest BCUT2D eigenvalue weighted by molar-refractivity contribution is 0.101. The molecule has 1 saturated heterocycles. The van der Waals surface area contributed by atoms with E-state index in [-0.39, 0.29) is 12.4 Å². The number of cyclic esters (lactones) is 1. The number of anilines is 1. The van der Waals surface area contributed by atoms with Gasteiger partial charge < -0.3 is 18.9 Å². The number of ketones is 1. The molecular weight excluding hydrogens is 374 g/mol. The van der Waals surface area contributed by atoms with Crippen LogP contribution in [-0.2, 0) is 11.2 Å². The summed E-state index contributed by atoms with van der Waals surface area (Å²) in [5, 5.41) is 3.67. The van der Waals surface area contributed by atoms with Gasteiger partial charge in [-0.3, -0.25) is 9.69 Å². The number of Topliss-reactive ketones (excluding diaryl/α,β-unsaturated/α-hetero) is 1. The molecule has 1 aliphatic carbocycles. The van der Waals surface area contributed by atoms with Crippen molar-refractivity contribution in [3.63, 3.8) is 0 Å². The Balaban J connectivity index is 1.49. The number of nitrogens with zero attached hydrogens (tertiary/aromatic N) is 3. The molecule has 1 amide bonds. The largest absolute Gasteiger partial charge is 0.471 e. The predicted molar refractivity (Wildman–Crippen MR) is 105 cm³/mol. The van der Waals surface area contributed by atoms with Gasteiger partial charge in [-0.2, -0.15) is 0 Å². The van der Waals surface area contributed by atoms with Crippen molar-refractivity contribution in [3.8, 4) is 5.88 Å². The molecule has 152 valence electrons. The van der Waals surface area contributed by atoms with Gasteiger partial charge in [0.2, 0.25) is 0 Å². The minimum absolute atomic E-state index is 0.0561. The van der Waals surface area contributed by atoms with Crippen LogP contribution < -0.4 is 9.64 Å². The summed E-state index contributed by atoms with van der Waals surface area (Å²) in [4.78, 5) is 28.7. The Bertz CT molecular complexity index is 936. The summed E-state index contributed by atoms with van der Waals surface area (Å²) in [6, 6.07) is 7.14. The van der Waals surface area contributed by atoms with Crippen molar-refractivity contribution < 1.29 is 23.6 Å². The van der Waals surface area contributed by atoms with E-state index in [9.17, 15) is 9.59 Å². The normalized spacial score (nSPS) is 20.4. The van der Waals surface area contributed by atoms with E-state index in [4.69, 9.17) is 14.0 Å². The zero-order chi connectivity index (χ0) is 20.4. The van der Waals surface area contributed by atoms with E-state index in [0.717, 1.165) is 36.1 Å². The van der Waals surface area contributed by atoms with E-state index in [1.54, 1.807) is 17.0 Å². The summed E-state index contributed by atoms with van der Waals surface area (Å²) >= 11 is 0. The van der Waals surface area contributed by atoms with Crippen LogP contribution in [0.3, 0.4) is 0 Å². The van der Waals surface area contributed by atoms with Crippen molar-refractivity contribution in [2.75, 3.05) is 32.1 Å². The molecule has 1 atom stereocenters. The topological polar surface area (TPSA) is 85.1 Å². The van der Waals surface area contributed by atoms with E-state index in [2.05, 4.69) is 5.16 Å². The van der Waals surface area contributed by atoms with Crippen molar-refractivity contribution in [2.24, 2.45) is 0 Å². The molecule has 0 N–H and O–H groups in total. The van der Waals surface area contributed by atoms with Crippen LogP contribution in [0, 0.1) is 0 Å². The number of hydrogen-bond donors (Lipinski definition) is 0. The lowest BCUT2D eigenvalue weighted by atomic mass is 9.99. The van der Waals surface area contributed by atoms with E-state index in [0.29, 0.717) is 18.0 Å². The lowest BCUT2D eigenvalue weighted by Gasteiger charge is -2.16. The molecule has 1 aromatic heterocycles. The number of aromatic nitrogens is 1. The van der Waals surface area contributed by atoms with Gasteiger partial charge in [-0.05, 0) is 48.2 Å². The Morgan fingerprint density at radius 1 is 1.28 bits per heavy atom. The zero-order valence-electron chi connectivity index (χ0n) is 16.5. The van der Waals surface area contributed by atoms with Crippen LogP contribution in [0.2, 0.25) is 0 Å². The number of ether oxygens (including phenoxy) is 2. The fourth-order valence-electron chi connectivity index (χ4n) is 3.64. The van der Waals surface area contributed by atoms with Crippen LogP contribution in [0.5, 0.6) is 5.88 Å². The highest BCUT2D eigenvalue weighted by atomic mass is 16.6. The number of hydrogen-bond acceptors (Lipinski definition) is 7. The first kappa shape index (κ1) is 19.0. The third-order valence-corrected chi connectivity index (χ3v) is 4.95. The van der Waals surface area contributed by atoms with Crippen molar-refractivity contribution in [2.45, 2.75) is 25.4 Å². The number of fused-ring (bicyclic) bond motifs is 1. The highest BCUT2D eigenvalue weighted by Gasteiger charge is 2.33. The average Bonchev–Trinajstić information content (AvgIpc) is 3.31. The Hall–Kier alpha value is -3.29. The van der Waals surface area contributed by atoms with Gasteiger partial charge in [-0.25, -0.2) is 4.79 Å². The van der Waals surface area contributed by atoms with E-state index in [1.807, 2.05) is 37.3 Å². The average molecular weight is 397 g/mol. The number of amides is 1. The first-order valence-electron chi connectivity index (χ1n) is 9.57. The number of carbonyl (C=O) groups excluding carboxylic acids is 2. The Kier molecular flexibility index (Phi) is 5.24. The highest BCUT2D eigenvalue weighted by molar-refractivity contribution is 6.10. The summed E-state index contributed by atoms with van der Waals surface area (Å²) in [5.74, 6) is 0.408. The molecule has 0 radical (unpaired) electrons. The third-order valence-electron chi connectivity index (χ3n) is 4.95. The maximum Gasteiger partial charge on any atom is 0.414 e. The lowest BCUT2D eigenvalue weighted by Crippen LogP contribution is -2.26. The third kappa shape index (κ3) is 4.11. The first-order valence-corrected chi connectivity index (χ1v) is 9.57. The molecule has 2 heterocycles. The number of carbonyl (C=O) groups is 2. The van der Waals surface area contributed by atoms with Crippen molar-refractivity contribution in [1.29, 1.82) is 0 Å². The molecule has 2 aromatic rings. The van der Waals surface area contributed by atoms with Gasteiger partial charge in [0.25, 0.3) is 5.88 Å². The molecule has 2 aliphatic rings. The number of rotatable bonds is 5. The van der Waals surface area contributed by atoms with Gasteiger partial charge >= 0.3 is 6.09 Å². The Morgan fingerprint density at radius 3 is 2.90 bits per heavy atom. The number of aryl methyl sites for hydroxylation is 1. The Morgan fingerprint density at radius 2 is 2.14 bits per heavy atom. The van der Waals surface area contributed by atoms with Crippen LogP contribution in [0.25, 0.3) is 0 Å². The second-order valence-electron chi connectivity index (χ2n) is 7.41. The zero-order valence-corrected chi connectivity index (χ0v) is 16.5. The van der Waals surface area contributed by atoms with Crippen molar-refractivity contribution >= 4 is 17.6 Å². The van der Waals surface area contributed by atoms with Crippen molar-refractivity contribution in [1.82, 2.24) is 10.1 Å². The molecule has 0 unspecified atom stereocenters. The van der Waals surface area contributed by atoms with Crippen LogP contribution in [0.15, 0.2) is 46.8 Å². The fourth-order valence-corrected chi connectivity index (χ4v) is 3.64. The van der Waals surface area contributed by atoms with Gasteiger partial charge in [0.15, 0.2) is 11.9 Å². The predicted octanol–water partition coefficient (Wildman–Crippen LogP) is 3.04. The molecule has 1 aliphatic heterocycles. The maximum atomic E-state index is 12.9. The summed E-state index contributed by atoms with van der Waals surface area (Å²) in [6.07, 6.45) is 4.90. The summed E-state index contributed by atoms with van der Waals surface area (Å²) < 4.78 is 15.6. The van der Waals surface area contributed by atoms with Gasteiger partial charge in [0.05, 0.1) is 6.54 Å². The molecule has 29 heavy (non-hydrogen) atoms. The van der Waals surface area contributed by atoms with E-state index < -0.39 is 12.2 Å². The number of benzene rings is 1.